The molecule has 24 heavy (non-hydrogen) atoms. The lowest BCUT2D eigenvalue weighted by atomic mass is 10.1. The highest BCUT2D eigenvalue weighted by atomic mass is 16.3. The Morgan fingerprint density at radius 1 is 1.17 bits per heavy atom. The first-order chi connectivity index (χ1) is 11.5. The predicted molar refractivity (Wildman–Crippen MR) is 91.7 cm³/mol. The second kappa shape index (κ2) is 6.68. The second-order valence-electron chi connectivity index (χ2n) is 6.35. The third kappa shape index (κ3) is 3.17. The Morgan fingerprint density at radius 2 is 1.96 bits per heavy atom. The van der Waals surface area contributed by atoms with Gasteiger partial charge in [0.2, 0.25) is 0 Å². The number of nitrogens with zero attached hydrogens (tertiary/aromatic N) is 6. The molecule has 0 saturated heterocycles. The molecule has 0 saturated carbocycles. The average molecular weight is 328 g/mol. The van der Waals surface area contributed by atoms with E-state index in [-0.39, 0.29) is 6.61 Å². The maximum absolute atomic E-state index is 9.33. The van der Waals surface area contributed by atoms with Gasteiger partial charge in [-0.25, -0.2) is 19.2 Å². The summed E-state index contributed by atoms with van der Waals surface area (Å²) >= 11 is 0. The van der Waals surface area contributed by atoms with E-state index in [1.54, 1.807) is 4.68 Å². The molecule has 0 bridgehead atoms. The van der Waals surface area contributed by atoms with Crippen molar-refractivity contribution in [2.75, 3.05) is 6.61 Å². The molecular formula is C17H24N6O. The quantitative estimate of drug-likeness (QED) is 0.750. The van der Waals surface area contributed by atoms with Crippen LogP contribution in [0.4, 0.5) is 0 Å². The first-order valence-electron chi connectivity index (χ1n) is 8.40. The van der Waals surface area contributed by atoms with Crippen LogP contribution in [0.5, 0.6) is 0 Å². The molecular weight excluding hydrogens is 304 g/mol. The Balaban J connectivity index is 2.06. The third-order valence-electron chi connectivity index (χ3n) is 4.21. The summed E-state index contributed by atoms with van der Waals surface area (Å²) in [6, 6.07) is 3.91. The van der Waals surface area contributed by atoms with Crippen molar-refractivity contribution in [3.8, 4) is 11.5 Å². The van der Waals surface area contributed by atoms with Gasteiger partial charge in [0.15, 0.2) is 17.3 Å². The van der Waals surface area contributed by atoms with E-state index in [0.29, 0.717) is 18.3 Å². The summed E-state index contributed by atoms with van der Waals surface area (Å²) in [5.74, 6) is 2.03. The van der Waals surface area contributed by atoms with Crippen LogP contribution in [0.1, 0.15) is 37.5 Å². The van der Waals surface area contributed by atoms with Gasteiger partial charge in [0, 0.05) is 18.2 Å². The summed E-state index contributed by atoms with van der Waals surface area (Å²) in [5.41, 5.74) is 3.47. The molecule has 1 unspecified atom stereocenters. The normalized spacial score (nSPS) is 12.9. The maximum Gasteiger partial charge on any atom is 0.177 e. The minimum Gasteiger partial charge on any atom is -0.394 e. The average Bonchev–Trinajstić information content (AvgIpc) is 3.10. The van der Waals surface area contributed by atoms with Gasteiger partial charge in [0.05, 0.1) is 18.8 Å². The van der Waals surface area contributed by atoms with Gasteiger partial charge in [-0.3, -0.25) is 0 Å². The van der Waals surface area contributed by atoms with Crippen molar-refractivity contribution in [2.45, 2.75) is 47.1 Å². The van der Waals surface area contributed by atoms with Gasteiger partial charge in [-0.1, -0.05) is 20.3 Å². The van der Waals surface area contributed by atoms with Gasteiger partial charge in [-0.05, 0) is 25.8 Å². The number of rotatable bonds is 6. The van der Waals surface area contributed by atoms with Crippen LogP contribution in [-0.4, -0.2) is 41.1 Å². The number of aliphatic hydroxyl groups excluding tert-OH is 1. The summed E-state index contributed by atoms with van der Waals surface area (Å²) in [5, 5.41) is 18.3. The number of hydrogen-bond acceptors (Lipinski definition) is 5. The topological polar surface area (TPSA) is 81.1 Å². The van der Waals surface area contributed by atoms with Gasteiger partial charge < -0.3 is 5.11 Å². The van der Waals surface area contributed by atoms with Crippen molar-refractivity contribution in [2.24, 2.45) is 5.92 Å². The van der Waals surface area contributed by atoms with Crippen molar-refractivity contribution < 1.29 is 5.11 Å². The number of aliphatic hydroxyl groups is 1. The lowest BCUT2D eigenvalue weighted by molar-refractivity contribution is 0.269. The van der Waals surface area contributed by atoms with Gasteiger partial charge in [-0.15, -0.1) is 0 Å². The molecule has 1 N–H and O–H groups in total. The molecule has 3 aromatic rings. The van der Waals surface area contributed by atoms with Crippen LogP contribution in [0, 0.1) is 19.8 Å². The fourth-order valence-corrected chi connectivity index (χ4v) is 2.73. The van der Waals surface area contributed by atoms with E-state index >= 15 is 0 Å². The van der Waals surface area contributed by atoms with Gasteiger partial charge in [0.25, 0.3) is 0 Å². The summed E-state index contributed by atoms with van der Waals surface area (Å²) < 4.78 is 3.57. The Bertz CT molecular complexity index is 850. The third-order valence-corrected chi connectivity index (χ3v) is 4.21. The van der Waals surface area contributed by atoms with Crippen molar-refractivity contribution in [3.63, 3.8) is 0 Å². The molecule has 3 rings (SSSR count). The van der Waals surface area contributed by atoms with Crippen LogP contribution >= 0.6 is 0 Å². The standard InChI is InChI=1S/C17H24N6O/c1-5-11(2)8-15-19-17(22(21-15)6-7-24)14-10-13(4)23-16(18-14)9-12(3)20-23/h9-11,24H,5-8H2,1-4H3. The Kier molecular flexibility index (Phi) is 4.62. The van der Waals surface area contributed by atoms with E-state index in [4.69, 9.17) is 4.98 Å². The summed E-state index contributed by atoms with van der Waals surface area (Å²) in [6.45, 7) is 8.73. The highest BCUT2D eigenvalue weighted by Gasteiger charge is 2.16. The number of hydrogen-bond donors (Lipinski definition) is 1. The predicted octanol–water partition coefficient (Wildman–Crippen LogP) is 2.19. The Morgan fingerprint density at radius 3 is 2.67 bits per heavy atom. The van der Waals surface area contributed by atoms with E-state index in [1.165, 1.54) is 0 Å². The summed E-state index contributed by atoms with van der Waals surface area (Å²) in [7, 11) is 0. The molecule has 1 atom stereocenters. The second-order valence-corrected chi connectivity index (χ2v) is 6.35. The molecule has 0 spiro atoms. The SMILES string of the molecule is CCC(C)Cc1nc(-c2cc(C)n3nc(C)cc3n2)n(CCO)n1. The first-order valence-corrected chi connectivity index (χ1v) is 8.40. The number of fused-ring (bicyclic) bond motifs is 1. The minimum atomic E-state index is 0.0200. The van der Waals surface area contributed by atoms with E-state index in [9.17, 15) is 5.11 Å². The van der Waals surface area contributed by atoms with Gasteiger partial charge in [0.1, 0.15) is 5.69 Å². The van der Waals surface area contributed by atoms with Crippen LogP contribution in [0.15, 0.2) is 12.1 Å². The van der Waals surface area contributed by atoms with Crippen molar-refractivity contribution in [1.29, 1.82) is 0 Å². The van der Waals surface area contributed by atoms with E-state index < -0.39 is 0 Å². The monoisotopic (exact) mass is 328 g/mol. The zero-order valence-electron chi connectivity index (χ0n) is 14.7. The molecule has 0 radical (unpaired) electrons. The molecule has 0 amide bonds. The number of aromatic nitrogens is 6. The molecule has 0 aliphatic carbocycles. The van der Waals surface area contributed by atoms with Gasteiger partial charge >= 0.3 is 0 Å². The molecule has 128 valence electrons. The van der Waals surface area contributed by atoms with Crippen LogP contribution < -0.4 is 0 Å². The zero-order chi connectivity index (χ0) is 17.3. The minimum absolute atomic E-state index is 0.0200. The highest BCUT2D eigenvalue weighted by molar-refractivity contribution is 5.56. The summed E-state index contributed by atoms with van der Waals surface area (Å²) in [4.78, 5) is 9.37. The van der Waals surface area contributed by atoms with Gasteiger partial charge in [-0.2, -0.15) is 10.2 Å². The molecule has 7 nitrogen and oxygen atoms in total. The van der Waals surface area contributed by atoms with Crippen LogP contribution in [0.2, 0.25) is 0 Å². The van der Waals surface area contributed by atoms with E-state index in [2.05, 4.69) is 29.0 Å². The van der Waals surface area contributed by atoms with Crippen molar-refractivity contribution in [3.05, 3.63) is 29.3 Å². The van der Waals surface area contributed by atoms with Crippen LogP contribution in [0.3, 0.4) is 0 Å². The molecule has 7 heteroatoms. The maximum atomic E-state index is 9.33. The van der Waals surface area contributed by atoms with E-state index in [1.807, 2.05) is 30.5 Å². The largest absolute Gasteiger partial charge is 0.394 e. The summed E-state index contributed by atoms with van der Waals surface area (Å²) in [6.07, 6.45) is 1.91. The molecule has 0 fully saturated rings. The molecule has 0 aliphatic rings. The molecule has 0 aromatic carbocycles. The smallest absolute Gasteiger partial charge is 0.177 e. The molecule has 0 aliphatic heterocycles. The van der Waals surface area contributed by atoms with Crippen molar-refractivity contribution >= 4 is 5.65 Å². The van der Waals surface area contributed by atoms with Crippen molar-refractivity contribution in [1.82, 2.24) is 29.4 Å². The molecule has 3 aromatic heterocycles. The molecule has 3 heterocycles. The lowest BCUT2D eigenvalue weighted by Gasteiger charge is -2.05. The lowest BCUT2D eigenvalue weighted by Crippen LogP contribution is -2.08. The fourth-order valence-electron chi connectivity index (χ4n) is 2.73. The Hall–Kier alpha value is -2.28. The zero-order valence-corrected chi connectivity index (χ0v) is 14.7. The van der Waals surface area contributed by atoms with Crippen LogP contribution in [0.25, 0.3) is 17.2 Å². The highest BCUT2D eigenvalue weighted by Crippen LogP contribution is 2.20. The number of aryl methyl sites for hydroxylation is 2. The van der Waals surface area contributed by atoms with E-state index in [0.717, 1.165) is 41.4 Å². The Labute approximate surface area is 141 Å². The van der Waals surface area contributed by atoms with Crippen LogP contribution in [-0.2, 0) is 13.0 Å². The fraction of sp³-hybridized carbons (Fsp3) is 0.529. The first kappa shape index (κ1) is 16.6.